The fourth-order valence-electron chi connectivity index (χ4n) is 2.56. The van der Waals surface area contributed by atoms with Crippen LogP contribution in [0.1, 0.15) is 25.7 Å². The number of carbonyl (C=O) groups is 1. The van der Waals surface area contributed by atoms with Gasteiger partial charge < -0.3 is 10.2 Å². The molecule has 1 N–H and O–H groups in total. The molecule has 2 fully saturated rings. The van der Waals surface area contributed by atoms with Crippen LogP contribution >= 0.6 is 0 Å². The molecule has 0 radical (unpaired) electrons. The third kappa shape index (κ3) is 1.12. The first-order valence-corrected chi connectivity index (χ1v) is 4.78. The van der Waals surface area contributed by atoms with E-state index in [9.17, 15) is 4.79 Å². The zero-order valence-electron chi connectivity index (χ0n) is 7.55. The smallest absolute Gasteiger partial charge is 0.237 e. The molecule has 0 aliphatic carbocycles. The van der Waals surface area contributed by atoms with Gasteiger partial charge in [0.05, 0.1) is 6.54 Å². The summed E-state index contributed by atoms with van der Waals surface area (Å²) in [6.45, 7) is 0.507. The minimum absolute atomic E-state index is 0.294. The lowest BCUT2D eigenvalue weighted by Gasteiger charge is -2.21. The van der Waals surface area contributed by atoms with Crippen LogP contribution in [-0.4, -0.2) is 36.5 Å². The molecule has 0 aromatic heterocycles. The molecule has 0 aromatic rings. The van der Waals surface area contributed by atoms with Gasteiger partial charge >= 0.3 is 0 Å². The molecule has 2 rings (SSSR count). The molecule has 3 heteroatoms. The molecule has 12 heavy (non-hydrogen) atoms. The highest BCUT2D eigenvalue weighted by atomic mass is 16.2. The number of carbonyl (C=O) groups excluding carboxylic acids is 1. The summed E-state index contributed by atoms with van der Waals surface area (Å²) < 4.78 is 0. The minimum atomic E-state index is 0.294. The highest BCUT2D eigenvalue weighted by Crippen LogP contribution is 2.37. The van der Waals surface area contributed by atoms with E-state index in [0.29, 0.717) is 24.5 Å². The summed E-state index contributed by atoms with van der Waals surface area (Å²) in [5.41, 5.74) is 0. The van der Waals surface area contributed by atoms with E-state index in [1.54, 1.807) is 0 Å². The van der Waals surface area contributed by atoms with Crippen molar-refractivity contribution in [3.05, 3.63) is 0 Å². The van der Waals surface area contributed by atoms with Crippen molar-refractivity contribution in [3.63, 3.8) is 0 Å². The van der Waals surface area contributed by atoms with Crippen molar-refractivity contribution < 1.29 is 4.79 Å². The van der Waals surface area contributed by atoms with Crippen LogP contribution in [0.4, 0.5) is 0 Å². The van der Waals surface area contributed by atoms with Gasteiger partial charge in [-0.25, -0.2) is 0 Å². The van der Waals surface area contributed by atoms with E-state index >= 15 is 0 Å². The van der Waals surface area contributed by atoms with Crippen molar-refractivity contribution in [1.82, 2.24) is 10.2 Å². The number of fused-ring (bicyclic) bond motifs is 2. The Labute approximate surface area is 73.1 Å². The Bertz CT molecular complexity index is 173. The Balaban J connectivity index is 2.00. The molecule has 2 aliphatic rings. The Kier molecular flexibility index (Phi) is 2.05. The maximum atomic E-state index is 11.6. The van der Waals surface area contributed by atoms with Crippen LogP contribution in [-0.2, 0) is 4.79 Å². The van der Waals surface area contributed by atoms with Gasteiger partial charge in [0.2, 0.25) is 5.91 Å². The first kappa shape index (κ1) is 8.05. The standard InChI is InChI=1S/C9H16N2O/c1-10-6-9(12)11-7-2-3-8(11)5-4-7/h7-8,10H,2-6H2,1H3. The van der Waals surface area contributed by atoms with Crippen molar-refractivity contribution >= 4 is 5.91 Å². The van der Waals surface area contributed by atoms with Gasteiger partial charge in [0, 0.05) is 12.1 Å². The molecule has 0 spiro atoms. The molecule has 1 amide bonds. The van der Waals surface area contributed by atoms with Crippen LogP contribution in [0.15, 0.2) is 0 Å². The summed E-state index contributed by atoms with van der Waals surface area (Å²) in [5, 5.41) is 2.92. The lowest BCUT2D eigenvalue weighted by molar-refractivity contribution is -0.131. The van der Waals surface area contributed by atoms with E-state index in [2.05, 4.69) is 10.2 Å². The maximum Gasteiger partial charge on any atom is 0.237 e. The van der Waals surface area contributed by atoms with Gasteiger partial charge in [-0.2, -0.15) is 0 Å². The largest absolute Gasteiger partial charge is 0.336 e. The Morgan fingerprint density at radius 1 is 1.33 bits per heavy atom. The van der Waals surface area contributed by atoms with Crippen molar-refractivity contribution in [3.8, 4) is 0 Å². The molecule has 0 saturated carbocycles. The fraction of sp³-hybridized carbons (Fsp3) is 0.889. The minimum Gasteiger partial charge on any atom is -0.336 e. The van der Waals surface area contributed by atoms with Crippen molar-refractivity contribution in [2.45, 2.75) is 37.8 Å². The van der Waals surface area contributed by atoms with Crippen LogP contribution in [0, 0.1) is 0 Å². The van der Waals surface area contributed by atoms with Gasteiger partial charge in [-0.05, 0) is 32.7 Å². The normalized spacial score (nSPS) is 32.9. The van der Waals surface area contributed by atoms with E-state index in [0.717, 1.165) is 0 Å². The topological polar surface area (TPSA) is 32.3 Å². The average molecular weight is 168 g/mol. The second-order valence-electron chi connectivity index (χ2n) is 3.79. The Morgan fingerprint density at radius 2 is 1.83 bits per heavy atom. The van der Waals surface area contributed by atoms with Crippen LogP contribution in [0.2, 0.25) is 0 Å². The summed E-state index contributed by atoms with van der Waals surface area (Å²) in [6, 6.07) is 1.16. The number of likely N-dealkylation sites (N-methyl/N-ethyl adjacent to an activating group) is 1. The third-order valence-corrected chi connectivity index (χ3v) is 3.07. The zero-order valence-corrected chi connectivity index (χ0v) is 7.55. The molecule has 68 valence electrons. The van der Waals surface area contributed by atoms with Gasteiger partial charge in [-0.15, -0.1) is 0 Å². The highest BCUT2D eigenvalue weighted by molar-refractivity contribution is 5.79. The first-order chi connectivity index (χ1) is 5.83. The third-order valence-electron chi connectivity index (χ3n) is 3.07. The van der Waals surface area contributed by atoms with Gasteiger partial charge in [-0.3, -0.25) is 4.79 Å². The van der Waals surface area contributed by atoms with Gasteiger partial charge in [0.15, 0.2) is 0 Å². The fourth-order valence-corrected chi connectivity index (χ4v) is 2.56. The van der Waals surface area contributed by atoms with E-state index in [4.69, 9.17) is 0 Å². The SMILES string of the molecule is CNCC(=O)N1C2CCC1CC2. The number of hydrogen-bond donors (Lipinski definition) is 1. The Hall–Kier alpha value is -0.570. The highest BCUT2D eigenvalue weighted by Gasteiger charge is 2.41. The van der Waals surface area contributed by atoms with Crippen molar-refractivity contribution in [2.75, 3.05) is 13.6 Å². The van der Waals surface area contributed by atoms with Crippen molar-refractivity contribution in [2.24, 2.45) is 0 Å². The Morgan fingerprint density at radius 3 is 2.25 bits per heavy atom. The number of rotatable bonds is 2. The second-order valence-corrected chi connectivity index (χ2v) is 3.79. The zero-order chi connectivity index (χ0) is 8.55. The first-order valence-electron chi connectivity index (χ1n) is 4.78. The van der Waals surface area contributed by atoms with Crippen LogP contribution in [0.25, 0.3) is 0 Å². The molecule has 2 saturated heterocycles. The lowest BCUT2D eigenvalue weighted by Crippen LogP contribution is -2.40. The molecule has 2 bridgehead atoms. The summed E-state index contributed by atoms with van der Waals surface area (Å²) >= 11 is 0. The lowest BCUT2D eigenvalue weighted by atomic mass is 10.0. The summed E-state index contributed by atoms with van der Waals surface area (Å²) in [4.78, 5) is 13.7. The molecule has 2 aliphatic heterocycles. The number of hydrogen-bond acceptors (Lipinski definition) is 2. The van der Waals surface area contributed by atoms with E-state index in [1.807, 2.05) is 7.05 Å². The average Bonchev–Trinajstić information content (AvgIpc) is 2.62. The predicted octanol–water partition coefficient (Wildman–Crippen LogP) is 0.359. The quantitative estimate of drug-likeness (QED) is 0.645. The van der Waals surface area contributed by atoms with E-state index < -0.39 is 0 Å². The molecule has 0 atom stereocenters. The molecule has 3 nitrogen and oxygen atoms in total. The summed E-state index contributed by atoms with van der Waals surface area (Å²) in [5.74, 6) is 0.294. The van der Waals surface area contributed by atoms with Crippen LogP contribution in [0.3, 0.4) is 0 Å². The molecular formula is C9H16N2O. The number of nitrogens with one attached hydrogen (secondary N) is 1. The van der Waals surface area contributed by atoms with Crippen LogP contribution in [0.5, 0.6) is 0 Å². The molecular weight excluding hydrogens is 152 g/mol. The monoisotopic (exact) mass is 168 g/mol. The van der Waals surface area contributed by atoms with E-state index in [1.165, 1.54) is 25.7 Å². The number of amides is 1. The van der Waals surface area contributed by atoms with E-state index in [-0.39, 0.29) is 0 Å². The van der Waals surface area contributed by atoms with Crippen molar-refractivity contribution in [1.29, 1.82) is 0 Å². The van der Waals surface area contributed by atoms with Gasteiger partial charge in [-0.1, -0.05) is 0 Å². The predicted molar refractivity (Wildman–Crippen MR) is 46.8 cm³/mol. The molecule has 0 unspecified atom stereocenters. The second kappa shape index (κ2) is 3.05. The summed E-state index contributed by atoms with van der Waals surface area (Å²) in [6.07, 6.45) is 4.94. The maximum absolute atomic E-state index is 11.6. The van der Waals surface area contributed by atoms with Gasteiger partial charge in [0.1, 0.15) is 0 Å². The summed E-state index contributed by atoms with van der Waals surface area (Å²) in [7, 11) is 1.83. The van der Waals surface area contributed by atoms with Gasteiger partial charge in [0.25, 0.3) is 0 Å². The number of nitrogens with zero attached hydrogens (tertiary/aromatic N) is 1. The molecule has 0 aromatic carbocycles. The van der Waals surface area contributed by atoms with Crippen LogP contribution < -0.4 is 5.32 Å². The molecule has 2 heterocycles.